The fraction of sp³-hybridized carbons (Fsp3) is 0.263. The molecule has 0 radical (unpaired) electrons. The fourth-order valence-electron chi connectivity index (χ4n) is 1.98. The standard InChI is InChI=1S/C19H21NO5S/c1-19(2,3)17(21)13-25-18(22)15-11-7-8-12-16(15)20-26(23,24)14-9-5-4-6-10-14/h4-12,20H,13H2,1-3H3. The van der Waals surface area contributed by atoms with Crippen molar-refractivity contribution in [1.82, 2.24) is 0 Å². The summed E-state index contributed by atoms with van der Waals surface area (Å²) in [5.74, 6) is -0.998. The maximum Gasteiger partial charge on any atom is 0.340 e. The number of ether oxygens (including phenoxy) is 1. The average molecular weight is 375 g/mol. The van der Waals surface area contributed by atoms with Crippen molar-refractivity contribution >= 4 is 27.5 Å². The summed E-state index contributed by atoms with van der Waals surface area (Å²) in [6, 6.07) is 13.9. The van der Waals surface area contributed by atoms with Gasteiger partial charge in [-0.2, -0.15) is 0 Å². The van der Waals surface area contributed by atoms with Crippen molar-refractivity contribution in [2.75, 3.05) is 11.3 Å². The fourth-order valence-corrected chi connectivity index (χ4v) is 3.08. The molecule has 0 bridgehead atoms. The molecule has 0 saturated heterocycles. The molecule has 0 unspecified atom stereocenters. The molecular weight excluding hydrogens is 354 g/mol. The van der Waals surface area contributed by atoms with E-state index in [9.17, 15) is 18.0 Å². The summed E-state index contributed by atoms with van der Waals surface area (Å²) in [7, 11) is -3.85. The average Bonchev–Trinajstić information content (AvgIpc) is 2.59. The molecule has 2 aromatic carbocycles. The topological polar surface area (TPSA) is 89.5 Å². The third kappa shape index (κ3) is 4.92. The lowest BCUT2D eigenvalue weighted by Crippen LogP contribution is -2.26. The number of hydrogen-bond donors (Lipinski definition) is 1. The molecular formula is C19H21NO5S. The second-order valence-electron chi connectivity index (χ2n) is 6.71. The molecule has 0 saturated carbocycles. The molecule has 6 nitrogen and oxygen atoms in total. The second-order valence-corrected chi connectivity index (χ2v) is 8.40. The van der Waals surface area contributed by atoms with Crippen molar-refractivity contribution < 1.29 is 22.7 Å². The first-order valence-corrected chi connectivity index (χ1v) is 9.47. The molecule has 0 heterocycles. The van der Waals surface area contributed by atoms with Crippen LogP contribution in [0.5, 0.6) is 0 Å². The lowest BCUT2D eigenvalue weighted by Gasteiger charge is -2.17. The highest BCUT2D eigenvalue weighted by Gasteiger charge is 2.24. The monoisotopic (exact) mass is 375 g/mol. The molecule has 0 spiro atoms. The normalized spacial score (nSPS) is 11.7. The lowest BCUT2D eigenvalue weighted by molar-refractivity contribution is -0.129. The van der Waals surface area contributed by atoms with Gasteiger partial charge in [0.15, 0.2) is 12.4 Å². The van der Waals surface area contributed by atoms with E-state index in [1.807, 2.05) is 0 Å². The number of hydrogen-bond acceptors (Lipinski definition) is 5. The van der Waals surface area contributed by atoms with Crippen LogP contribution in [0.3, 0.4) is 0 Å². The van der Waals surface area contributed by atoms with Crippen LogP contribution in [0.1, 0.15) is 31.1 Å². The van der Waals surface area contributed by atoms with Crippen LogP contribution < -0.4 is 4.72 Å². The summed E-state index contributed by atoms with van der Waals surface area (Å²) in [5.41, 5.74) is -0.507. The quantitative estimate of drug-likeness (QED) is 0.783. The maximum atomic E-state index is 12.5. The SMILES string of the molecule is CC(C)(C)C(=O)COC(=O)c1ccccc1NS(=O)(=O)c1ccccc1. The first kappa shape index (κ1) is 19.7. The molecule has 2 rings (SSSR count). The van der Waals surface area contributed by atoms with Gasteiger partial charge in [-0.25, -0.2) is 13.2 Å². The molecule has 0 aliphatic rings. The van der Waals surface area contributed by atoms with E-state index in [0.29, 0.717) is 0 Å². The minimum Gasteiger partial charge on any atom is -0.454 e. The molecule has 0 aliphatic heterocycles. The van der Waals surface area contributed by atoms with Crippen LogP contribution in [0.25, 0.3) is 0 Å². The predicted octanol–water partition coefficient (Wildman–Crippen LogP) is 3.26. The first-order valence-electron chi connectivity index (χ1n) is 7.98. The molecule has 1 N–H and O–H groups in total. The summed E-state index contributed by atoms with van der Waals surface area (Å²) in [5, 5.41) is 0. The lowest BCUT2D eigenvalue weighted by atomic mass is 9.91. The molecule has 2 aromatic rings. The third-order valence-corrected chi connectivity index (χ3v) is 5.00. The van der Waals surface area contributed by atoms with Crippen molar-refractivity contribution in [3.05, 3.63) is 60.2 Å². The summed E-state index contributed by atoms with van der Waals surface area (Å²) < 4.78 is 32.4. The number of para-hydroxylation sites is 1. The molecule has 0 aromatic heterocycles. The van der Waals surface area contributed by atoms with Crippen LogP contribution in [0.4, 0.5) is 5.69 Å². The van der Waals surface area contributed by atoms with Gasteiger partial charge in [-0.1, -0.05) is 51.1 Å². The smallest absolute Gasteiger partial charge is 0.340 e. The number of carbonyl (C=O) groups excluding carboxylic acids is 2. The van der Waals surface area contributed by atoms with E-state index in [1.54, 1.807) is 51.1 Å². The van der Waals surface area contributed by atoms with E-state index in [0.717, 1.165) is 0 Å². The Labute approximate surface area is 153 Å². The van der Waals surface area contributed by atoms with Gasteiger partial charge in [0.2, 0.25) is 0 Å². The number of benzene rings is 2. The highest BCUT2D eigenvalue weighted by Crippen LogP contribution is 2.21. The van der Waals surface area contributed by atoms with Crippen LogP contribution >= 0.6 is 0 Å². The summed E-state index contributed by atoms with van der Waals surface area (Å²) in [6.07, 6.45) is 0. The van der Waals surface area contributed by atoms with Crippen LogP contribution in [0.2, 0.25) is 0 Å². The minimum absolute atomic E-state index is 0.0358. The number of esters is 1. The van der Waals surface area contributed by atoms with E-state index in [1.165, 1.54) is 24.3 Å². The summed E-state index contributed by atoms with van der Waals surface area (Å²) >= 11 is 0. The van der Waals surface area contributed by atoms with Gasteiger partial charge in [0.1, 0.15) is 0 Å². The zero-order valence-corrected chi connectivity index (χ0v) is 15.7. The Morgan fingerprint density at radius 3 is 2.15 bits per heavy atom. The highest BCUT2D eigenvalue weighted by atomic mass is 32.2. The van der Waals surface area contributed by atoms with E-state index in [2.05, 4.69) is 4.72 Å². The number of sulfonamides is 1. The maximum absolute atomic E-state index is 12.5. The molecule has 26 heavy (non-hydrogen) atoms. The first-order chi connectivity index (χ1) is 12.1. The zero-order chi connectivity index (χ0) is 19.4. The van der Waals surface area contributed by atoms with Crippen molar-refractivity contribution in [1.29, 1.82) is 0 Å². The van der Waals surface area contributed by atoms with Crippen LogP contribution in [-0.4, -0.2) is 26.8 Å². The molecule has 138 valence electrons. The molecule has 0 fully saturated rings. The molecule has 7 heteroatoms. The van der Waals surface area contributed by atoms with Gasteiger partial charge in [0, 0.05) is 5.41 Å². The molecule has 0 atom stereocenters. The van der Waals surface area contributed by atoms with E-state index in [4.69, 9.17) is 4.74 Å². The molecule has 0 aliphatic carbocycles. The largest absolute Gasteiger partial charge is 0.454 e. The van der Waals surface area contributed by atoms with E-state index >= 15 is 0 Å². The van der Waals surface area contributed by atoms with E-state index in [-0.39, 0.29) is 28.5 Å². The van der Waals surface area contributed by atoms with Crippen LogP contribution in [0, 0.1) is 5.41 Å². The highest BCUT2D eigenvalue weighted by molar-refractivity contribution is 7.92. The number of carbonyl (C=O) groups is 2. The Morgan fingerprint density at radius 1 is 0.962 bits per heavy atom. The van der Waals surface area contributed by atoms with Gasteiger partial charge in [-0.15, -0.1) is 0 Å². The summed E-state index contributed by atoms with van der Waals surface area (Å²) in [6.45, 7) is 4.81. The van der Waals surface area contributed by atoms with Crippen molar-refractivity contribution in [3.63, 3.8) is 0 Å². The van der Waals surface area contributed by atoms with E-state index < -0.39 is 21.4 Å². The van der Waals surface area contributed by atoms with Gasteiger partial charge >= 0.3 is 5.97 Å². The third-order valence-electron chi connectivity index (χ3n) is 3.62. The van der Waals surface area contributed by atoms with Gasteiger partial charge in [-0.05, 0) is 24.3 Å². The van der Waals surface area contributed by atoms with Crippen molar-refractivity contribution in [2.24, 2.45) is 5.41 Å². The number of rotatable bonds is 6. The zero-order valence-electron chi connectivity index (χ0n) is 14.9. The molecule has 0 amide bonds. The second kappa shape index (κ2) is 7.70. The van der Waals surface area contributed by atoms with Crippen molar-refractivity contribution in [2.45, 2.75) is 25.7 Å². The Kier molecular flexibility index (Phi) is 5.82. The van der Waals surface area contributed by atoms with Crippen LogP contribution in [-0.2, 0) is 19.6 Å². The Hall–Kier alpha value is -2.67. The van der Waals surface area contributed by atoms with Gasteiger partial charge in [0.25, 0.3) is 10.0 Å². The number of nitrogens with one attached hydrogen (secondary N) is 1. The van der Waals surface area contributed by atoms with Gasteiger partial charge in [-0.3, -0.25) is 9.52 Å². The number of ketones is 1. The minimum atomic E-state index is -3.85. The van der Waals surface area contributed by atoms with Crippen LogP contribution in [0.15, 0.2) is 59.5 Å². The summed E-state index contributed by atoms with van der Waals surface area (Å²) in [4.78, 5) is 24.3. The Balaban J connectivity index is 2.20. The predicted molar refractivity (Wildman–Crippen MR) is 98.4 cm³/mol. The number of anilines is 1. The Bertz CT molecular complexity index is 899. The van der Waals surface area contributed by atoms with Crippen molar-refractivity contribution in [3.8, 4) is 0 Å². The number of Topliss-reactive ketones (excluding diaryl/α,β-unsaturated/α-hetero) is 1. The van der Waals surface area contributed by atoms with Gasteiger partial charge < -0.3 is 4.74 Å². The van der Waals surface area contributed by atoms with Gasteiger partial charge in [0.05, 0.1) is 16.1 Å². The Morgan fingerprint density at radius 2 is 1.54 bits per heavy atom.